The summed E-state index contributed by atoms with van der Waals surface area (Å²) in [4.78, 5) is 13.2. The molecule has 36 heavy (non-hydrogen) atoms. The minimum Gasteiger partial charge on any atom is -0.427 e. The van der Waals surface area contributed by atoms with E-state index in [2.05, 4.69) is 0 Å². The summed E-state index contributed by atoms with van der Waals surface area (Å²) in [6.07, 6.45) is -3.62. The number of fused-ring (bicyclic) bond motifs is 2. The van der Waals surface area contributed by atoms with Crippen LogP contribution in [-0.2, 0) is 12.6 Å². The molecule has 1 atom stereocenters. The van der Waals surface area contributed by atoms with Crippen LogP contribution < -0.4 is 5.56 Å². The van der Waals surface area contributed by atoms with Crippen LogP contribution in [0.15, 0.2) is 82.6 Å². The molecular weight excluding hydrogens is 486 g/mol. The number of nitrogens with zero attached hydrogens (tertiary/aromatic N) is 1. The van der Waals surface area contributed by atoms with Crippen molar-refractivity contribution in [2.75, 3.05) is 5.75 Å². The fraction of sp³-hybridized carbons (Fsp3) is 0.222. The standard InChI is InChI=1S/C27H23BF3NO3S/c29-27(30,31)22-7-3-6-20(14-22)25-21(13-17-8-9-18-4-1-2-5-19(18)12-17)15-24(33)32-23(10-11-28(34)35)16-36-26(25)32/h1-9,12,14-15,23,34-35H,10-11,13,16H2. The maximum absolute atomic E-state index is 13.5. The van der Waals surface area contributed by atoms with Gasteiger partial charge in [0.15, 0.2) is 0 Å². The van der Waals surface area contributed by atoms with Crippen molar-refractivity contribution in [3.63, 3.8) is 0 Å². The molecule has 1 unspecified atom stereocenters. The molecule has 1 aliphatic rings. The minimum atomic E-state index is -4.49. The van der Waals surface area contributed by atoms with E-state index in [9.17, 15) is 28.0 Å². The fourth-order valence-electron chi connectivity index (χ4n) is 4.81. The Hall–Kier alpha value is -3.01. The summed E-state index contributed by atoms with van der Waals surface area (Å²) in [6.45, 7) is 0. The third kappa shape index (κ3) is 4.96. The van der Waals surface area contributed by atoms with Crippen LogP contribution in [-0.4, -0.2) is 27.5 Å². The van der Waals surface area contributed by atoms with Crippen molar-refractivity contribution in [1.82, 2.24) is 4.57 Å². The molecule has 5 rings (SSSR count). The quantitative estimate of drug-likeness (QED) is 0.323. The zero-order valence-corrected chi connectivity index (χ0v) is 20.0. The second kappa shape index (κ2) is 9.80. The molecule has 4 nitrogen and oxygen atoms in total. The van der Waals surface area contributed by atoms with Gasteiger partial charge in [-0.2, -0.15) is 13.2 Å². The van der Waals surface area contributed by atoms with Crippen molar-refractivity contribution in [3.8, 4) is 11.1 Å². The zero-order valence-electron chi connectivity index (χ0n) is 19.2. The second-order valence-electron chi connectivity index (χ2n) is 9.02. The maximum Gasteiger partial charge on any atom is 0.451 e. The van der Waals surface area contributed by atoms with Crippen molar-refractivity contribution in [2.24, 2.45) is 0 Å². The Labute approximate surface area is 210 Å². The maximum atomic E-state index is 13.5. The summed E-state index contributed by atoms with van der Waals surface area (Å²) in [7, 11) is -1.48. The van der Waals surface area contributed by atoms with Crippen LogP contribution >= 0.6 is 11.8 Å². The Morgan fingerprint density at radius 2 is 1.75 bits per heavy atom. The molecule has 0 spiro atoms. The van der Waals surface area contributed by atoms with Gasteiger partial charge in [0.1, 0.15) is 0 Å². The molecule has 184 valence electrons. The van der Waals surface area contributed by atoms with Crippen molar-refractivity contribution in [2.45, 2.75) is 36.4 Å². The second-order valence-corrected chi connectivity index (χ2v) is 10.0. The minimum absolute atomic E-state index is 0.106. The van der Waals surface area contributed by atoms with E-state index in [-0.39, 0.29) is 17.9 Å². The van der Waals surface area contributed by atoms with Gasteiger partial charge in [-0.15, -0.1) is 11.8 Å². The average molecular weight is 509 g/mol. The number of aromatic nitrogens is 1. The molecule has 1 aliphatic heterocycles. The summed E-state index contributed by atoms with van der Waals surface area (Å²) in [6, 6.07) is 20.4. The van der Waals surface area contributed by atoms with E-state index in [1.807, 2.05) is 42.5 Å². The normalized spacial score (nSPS) is 15.3. The highest BCUT2D eigenvalue weighted by molar-refractivity contribution is 7.99. The highest BCUT2D eigenvalue weighted by Crippen LogP contribution is 2.43. The Morgan fingerprint density at radius 1 is 0.972 bits per heavy atom. The molecule has 2 heterocycles. The smallest absolute Gasteiger partial charge is 0.427 e. The SMILES string of the molecule is O=c1cc(Cc2ccc3ccccc3c2)c(-c2cccc(C(F)(F)F)c2)c2n1C(CCB(O)O)CS2. The van der Waals surface area contributed by atoms with Gasteiger partial charge < -0.3 is 10.0 Å². The van der Waals surface area contributed by atoms with Gasteiger partial charge in [0.2, 0.25) is 0 Å². The van der Waals surface area contributed by atoms with Crippen molar-refractivity contribution in [1.29, 1.82) is 0 Å². The van der Waals surface area contributed by atoms with E-state index in [1.54, 1.807) is 10.6 Å². The van der Waals surface area contributed by atoms with E-state index in [4.69, 9.17) is 0 Å². The van der Waals surface area contributed by atoms with Gasteiger partial charge in [0.05, 0.1) is 10.6 Å². The molecule has 2 N–H and O–H groups in total. The Bertz CT molecular complexity index is 1490. The molecule has 1 aromatic heterocycles. The molecule has 0 bridgehead atoms. The lowest BCUT2D eigenvalue weighted by Gasteiger charge is -2.19. The number of hydrogen-bond acceptors (Lipinski definition) is 4. The third-order valence-corrected chi connectivity index (χ3v) is 7.74. The molecule has 9 heteroatoms. The van der Waals surface area contributed by atoms with Crippen LogP contribution in [0.3, 0.4) is 0 Å². The van der Waals surface area contributed by atoms with Crippen molar-refractivity contribution in [3.05, 3.63) is 99.8 Å². The first kappa shape index (κ1) is 24.7. The van der Waals surface area contributed by atoms with Crippen LogP contribution in [0.5, 0.6) is 0 Å². The van der Waals surface area contributed by atoms with Crippen LogP contribution in [0, 0.1) is 0 Å². The van der Waals surface area contributed by atoms with E-state index >= 15 is 0 Å². The molecular formula is C27H23BF3NO3S. The van der Waals surface area contributed by atoms with Crippen LogP contribution in [0.25, 0.3) is 21.9 Å². The average Bonchev–Trinajstić information content (AvgIpc) is 3.27. The van der Waals surface area contributed by atoms with Crippen molar-refractivity contribution >= 4 is 29.7 Å². The molecule has 0 aliphatic carbocycles. The molecule has 0 amide bonds. The molecule has 0 saturated carbocycles. The van der Waals surface area contributed by atoms with Crippen LogP contribution in [0.4, 0.5) is 13.2 Å². The molecule has 0 radical (unpaired) electrons. The van der Waals surface area contributed by atoms with Gasteiger partial charge in [-0.25, -0.2) is 0 Å². The highest BCUT2D eigenvalue weighted by atomic mass is 32.2. The number of benzene rings is 3. The molecule has 4 aromatic rings. The van der Waals surface area contributed by atoms with Gasteiger partial charge in [-0.05, 0) is 58.8 Å². The Morgan fingerprint density at radius 3 is 2.50 bits per heavy atom. The van der Waals surface area contributed by atoms with Gasteiger partial charge >= 0.3 is 13.3 Å². The number of rotatable bonds is 6. The lowest BCUT2D eigenvalue weighted by atomic mass is 9.83. The van der Waals surface area contributed by atoms with E-state index in [0.29, 0.717) is 40.3 Å². The first-order valence-electron chi connectivity index (χ1n) is 11.6. The number of hydrogen-bond donors (Lipinski definition) is 2. The van der Waals surface area contributed by atoms with E-state index < -0.39 is 18.9 Å². The number of halogens is 3. The zero-order chi connectivity index (χ0) is 25.4. The third-order valence-electron chi connectivity index (χ3n) is 6.51. The molecule has 0 fully saturated rings. The lowest BCUT2D eigenvalue weighted by Crippen LogP contribution is -2.25. The van der Waals surface area contributed by atoms with Crippen LogP contribution in [0.1, 0.15) is 29.2 Å². The predicted molar refractivity (Wildman–Crippen MR) is 137 cm³/mol. The van der Waals surface area contributed by atoms with E-state index in [0.717, 1.165) is 28.5 Å². The highest BCUT2D eigenvalue weighted by Gasteiger charge is 2.33. The lowest BCUT2D eigenvalue weighted by molar-refractivity contribution is -0.137. The Balaban J connectivity index is 1.65. The summed E-state index contributed by atoms with van der Waals surface area (Å²) in [5.41, 5.74) is 1.65. The monoisotopic (exact) mass is 509 g/mol. The van der Waals surface area contributed by atoms with Gasteiger partial charge in [-0.3, -0.25) is 9.36 Å². The first-order chi connectivity index (χ1) is 17.2. The summed E-state index contributed by atoms with van der Waals surface area (Å²) >= 11 is 1.42. The Kier molecular flexibility index (Phi) is 6.72. The van der Waals surface area contributed by atoms with Gasteiger partial charge in [-0.1, -0.05) is 54.6 Å². The molecule has 0 saturated heterocycles. The first-order valence-corrected chi connectivity index (χ1v) is 12.6. The summed E-state index contributed by atoms with van der Waals surface area (Å²) in [5, 5.41) is 21.4. The summed E-state index contributed by atoms with van der Waals surface area (Å²) in [5.74, 6) is 0.535. The topological polar surface area (TPSA) is 62.5 Å². The summed E-state index contributed by atoms with van der Waals surface area (Å²) < 4.78 is 42.2. The van der Waals surface area contributed by atoms with Gasteiger partial charge in [0, 0.05) is 23.4 Å². The number of thioether (sulfide) groups is 1. The van der Waals surface area contributed by atoms with Crippen LogP contribution in [0.2, 0.25) is 6.32 Å². The van der Waals surface area contributed by atoms with Gasteiger partial charge in [0.25, 0.3) is 5.56 Å². The van der Waals surface area contributed by atoms with Crippen molar-refractivity contribution < 1.29 is 23.2 Å². The number of pyridine rings is 1. The number of alkyl halides is 3. The molecule has 3 aromatic carbocycles. The largest absolute Gasteiger partial charge is 0.451 e. The van der Waals surface area contributed by atoms with E-state index in [1.165, 1.54) is 23.9 Å². The fourth-order valence-corrected chi connectivity index (χ4v) is 6.25. The predicted octanol–water partition coefficient (Wildman–Crippen LogP) is 5.79.